The summed E-state index contributed by atoms with van der Waals surface area (Å²) >= 11 is 0. The first-order valence-electron chi connectivity index (χ1n) is 8.58. The van der Waals surface area contributed by atoms with E-state index in [9.17, 15) is 26.0 Å². The van der Waals surface area contributed by atoms with Gasteiger partial charge in [0.25, 0.3) is 10.1 Å². The standard InChI is InChI=1S/C12H13F4N.C7H8O3S/c13-11-3-1-2-10(12(14,15)16)9(11)5-4-8-6-17-7-8;1-6-2-4-7(5-3-6)11(8,9)10/h1-3,8,17H,4-7H2;2-5H,1H3,(H,8,9,10). The van der Waals surface area contributed by atoms with Crippen LogP contribution in [0.1, 0.15) is 23.1 Å². The van der Waals surface area contributed by atoms with Gasteiger partial charge >= 0.3 is 6.18 Å². The lowest BCUT2D eigenvalue weighted by atomic mass is 9.92. The summed E-state index contributed by atoms with van der Waals surface area (Å²) in [6, 6.07) is 9.12. The highest BCUT2D eigenvalue weighted by atomic mass is 32.2. The van der Waals surface area contributed by atoms with E-state index in [-0.39, 0.29) is 16.9 Å². The van der Waals surface area contributed by atoms with E-state index < -0.39 is 27.7 Å². The molecule has 2 N–H and O–H groups in total. The van der Waals surface area contributed by atoms with Gasteiger partial charge in [-0.1, -0.05) is 23.8 Å². The van der Waals surface area contributed by atoms with Gasteiger partial charge < -0.3 is 5.32 Å². The number of benzene rings is 2. The molecule has 0 spiro atoms. The fourth-order valence-electron chi connectivity index (χ4n) is 2.69. The van der Waals surface area contributed by atoms with Crippen LogP contribution in [0.2, 0.25) is 0 Å². The van der Waals surface area contributed by atoms with E-state index in [1.165, 1.54) is 12.1 Å². The molecule has 1 aliphatic heterocycles. The van der Waals surface area contributed by atoms with Crippen molar-refractivity contribution in [2.45, 2.75) is 30.8 Å². The number of nitrogens with one attached hydrogen (secondary N) is 1. The zero-order valence-corrected chi connectivity index (χ0v) is 15.9. The maximum absolute atomic E-state index is 13.4. The quantitative estimate of drug-likeness (QED) is 0.575. The Hall–Kier alpha value is -1.97. The summed E-state index contributed by atoms with van der Waals surface area (Å²) in [5, 5.41) is 3.04. The first kappa shape index (κ1) is 22.3. The van der Waals surface area contributed by atoms with Crippen molar-refractivity contribution in [2.24, 2.45) is 5.92 Å². The number of alkyl halides is 3. The topological polar surface area (TPSA) is 66.4 Å². The summed E-state index contributed by atoms with van der Waals surface area (Å²) in [7, 11) is -4.02. The van der Waals surface area contributed by atoms with Crippen LogP contribution < -0.4 is 5.32 Å². The summed E-state index contributed by atoms with van der Waals surface area (Å²) in [5.41, 5.74) is -0.0888. The Kier molecular flexibility index (Phi) is 7.19. The molecule has 2 aromatic rings. The van der Waals surface area contributed by atoms with Gasteiger partial charge in [0.15, 0.2) is 0 Å². The van der Waals surface area contributed by atoms with E-state index in [0.717, 1.165) is 36.9 Å². The largest absolute Gasteiger partial charge is 0.416 e. The molecule has 0 saturated carbocycles. The van der Waals surface area contributed by atoms with Gasteiger partial charge in [0.05, 0.1) is 10.5 Å². The summed E-state index contributed by atoms with van der Waals surface area (Å²) < 4.78 is 81.0. The molecule has 0 amide bonds. The summed E-state index contributed by atoms with van der Waals surface area (Å²) in [4.78, 5) is -0.0666. The molecular formula is C19H21F4NO3S. The second-order valence-electron chi connectivity index (χ2n) is 6.61. The van der Waals surface area contributed by atoms with Crippen LogP contribution in [-0.4, -0.2) is 26.1 Å². The van der Waals surface area contributed by atoms with Gasteiger partial charge in [0, 0.05) is 5.56 Å². The Morgan fingerprint density at radius 3 is 2.18 bits per heavy atom. The van der Waals surface area contributed by atoms with Crippen LogP contribution in [0.4, 0.5) is 17.6 Å². The van der Waals surface area contributed by atoms with Crippen LogP contribution in [-0.2, 0) is 22.7 Å². The zero-order valence-electron chi connectivity index (χ0n) is 15.1. The van der Waals surface area contributed by atoms with Crippen molar-refractivity contribution in [1.29, 1.82) is 0 Å². The predicted molar refractivity (Wildman–Crippen MR) is 97.1 cm³/mol. The maximum atomic E-state index is 13.4. The lowest BCUT2D eigenvalue weighted by molar-refractivity contribution is -0.138. The van der Waals surface area contributed by atoms with E-state index >= 15 is 0 Å². The lowest BCUT2D eigenvalue weighted by Crippen LogP contribution is -2.42. The molecule has 0 bridgehead atoms. The fraction of sp³-hybridized carbons (Fsp3) is 0.368. The molecule has 9 heteroatoms. The van der Waals surface area contributed by atoms with Gasteiger partial charge in [-0.05, 0) is 63.0 Å². The highest BCUT2D eigenvalue weighted by Crippen LogP contribution is 2.34. The van der Waals surface area contributed by atoms with E-state index in [0.29, 0.717) is 12.3 Å². The molecule has 1 aliphatic rings. The average molecular weight is 419 g/mol. The molecule has 0 unspecified atom stereocenters. The number of aryl methyl sites for hydroxylation is 1. The van der Waals surface area contributed by atoms with E-state index in [1.54, 1.807) is 12.1 Å². The molecular weight excluding hydrogens is 398 g/mol. The number of rotatable bonds is 4. The molecule has 1 fully saturated rings. The van der Waals surface area contributed by atoms with Crippen LogP contribution >= 0.6 is 0 Å². The molecule has 1 heterocycles. The van der Waals surface area contributed by atoms with Gasteiger partial charge in [0.2, 0.25) is 0 Å². The Morgan fingerprint density at radius 2 is 1.71 bits per heavy atom. The number of hydrogen-bond donors (Lipinski definition) is 2. The first-order valence-corrected chi connectivity index (χ1v) is 10.0. The highest BCUT2D eigenvalue weighted by molar-refractivity contribution is 7.85. The van der Waals surface area contributed by atoms with Gasteiger partial charge in [0.1, 0.15) is 5.82 Å². The lowest BCUT2D eigenvalue weighted by Gasteiger charge is -2.27. The van der Waals surface area contributed by atoms with Crippen LogP contribution in [0.15, 0.2) is 47.4 Å². The van der Waals surface area contributed by atoms with E-state index in [1.807, 2.05) is 6.92 Å². The van der Waals surface area contributed by atoms with Crippen LogP contribution in [0, 0.1) is 18.7 Å². The van der Waals surface area contributed by atoms with Crippen LogP contribution in [0.5, 0.6) is 0 Å². The molecule has 4 nitrogen and oxygen atoms in total. The maximum Gasteiger partial charge on any atom is 0.416 e. The molecule has 0 radical (unpaired) electrons. The molecule has 3 rings (SSSR count). The Bertz CT molecular complexity index is 892. The SMILES string of the molecule is Cc1ccc(S(=O)(=O)O)cc1.Fc1cccc(C(F)(F)F)c1CCC1CNC1. The molecule has 2 aromatic carbocycles. The van der Waals surface area contributed by atoms with Gasteiger partial charge in [-0.2, -0.15) is 21.6 Å². The second-order valence-corrected chi connectivity index (χ2v) is 8.04. The minimum absolute atomic E-state index is 0.0666. The fourth-order valence-corrected chi connectivity index (χ4v) is 3.17. The Balaban J connectivity index is 0.000000221. The van der Waals surface area contributed by atoms with Crippen molar-refractivity contribution in [1.82, 2.24) is 5.32 Å². The van der Waals surface area contributed by atoms with Crippen molar-refractivity contribution >= 4 is 10.1 Å². The summed E-state index contributed by atoms with van der Waals surface area (Å²) in [5.74, 6) is -0.386. The Labute approximate surface area is 161 Å². The van der Waals surface area contributed by atoms with Crippen molar-refractivity contribution in [3.8, 4) is 0 Å². The van der Waals surface area contributed by atoms with Crippen molar-refractivity contribution in [3.05, 3.63) is 65.0 Å². The summed E-state index contributed by atoms with van der Waals surface area (Å²) in [6.45, 7) is 3.47. The zero-order chi connectivity index (χ0) is 20.9. The van der Waals surface area contributed by atoms with Gasteiger partial charge in [-0.25, -0.2) is 4.39 Å². The van der Waals surface area contributed by atoms with E-state index in [2.05, 4.69) is 5.32 Å². The van der Waals surface area contributed by atoms with Gasteiger partial charge in [-0.15, -0.1) is 0 Å². The van der Waals surface area contributed by atoms with Crippen molar-refractivity contribution < 1.29 is 30.5 Å². The number of halogens is 4. The summed E-state index contributed by atoms with van der Waals surface area (Å²) in [6.07, 6.45) is -3.74. The van der Waals surface area contributed by atoms with Crippen molar-refractivity contribution in [2.75, 3.05) is 13.1 Å². The number of hydrogen-bond acceptors (Lipinski definition) is 3. The van der Waals surface area contributed by atoms with Crippen LogP contribution in [0.3, 0.4) is 0 Å². The third-order valence-corrected chi connectivity index (χ3v) is 5.28. The molecule has 154 valence electrons. The molecule has 0 aliphatic carbocycles. The molecule has 0 atom stereocenters. The third-order valence-electron chi connectivity index (χ3n) is 4.41. The predicted octanol–water partition coefficient (Wildman–Crippen LogP) is 4.24. The smallest absolute Gasteiger partial charge is 0.316 e. The van der Waals surface area contributed by atoms with Crippen molar-refractivity contribution in [3.63, 3.8) is 0 Å². The minimum atomic E-state index is -4.48. The monoisotopic (exact) mass is 419 g/mol. The highest BCUT2D eigenvalue weighted by Gasteiger charge is 2.34. The van der Waals surface area contributed by atoms with Crippen LogP contribution in [0.25, 0.3) is 0 Å². The third kappa shape index (κ3) is 6.29. The molecule has 28 heavy (non-hydrogen) atoms. The normalized spacial score (nSPS) is 14.8. The molecule has 1 saturated heterocycles. The average Bonchev–Trinajstić information content (AvgIpc) is 2.54. The van der Waals surface area contributed by atoms with Gasteiger partial charge in [-0.3, -0.25) is 4.55 Å². The van der Waals surface area contributed by atoms with E-state index in [4.69, 9.17) is 4.55 Å². The minimum Gasteiger partial charge on any atom is -0.316 e. The second kappa shape index (κ2) is 9.02. The molecule has 0 aromatic heterocycles. The first-order chi connectivity index (χ1) is 13.0. The Morgan fingerprint density at radius 1 is 1.11 bits per heavy atom.